The number of nitrogens with one attached hydrogen (secondary N) is 1. The summed E-state index contributed by atoms with van der Waals surface area (Å²) in [7, 11) is 1.76. The van der Waals surface area contributed by atoms with Crippen LogP contribution >= 0.6 is 0 Å². The van der Waals surface area contributed by atoms with Crippen molar-refractivity contribution in [3.63, 3.8) is 0 Å². The van der Waals surface area contributed by atoms with Crippen LogP contribution in [0.2, 0.25) is 0 Å². The summed E-state index contributed by atoms with van der Waals surface area (Å²) in [5.41, 5.74) is 5.53. The van der Waals surface area contributed by atoms with Gasteiger partial charge < -0.3 is 0 Å². The van der Waals surface area contributed by atoms with E-state index in [1.165, 1.54) is 0 Å². The fraction of sp³-hybridized carbons (Fsp3) is 0.0500. The normalized spacial score (nSPS) is 11.6. The van der Waals surface area contributed by atoms with E-state index in [4.69, 9.17) is 0 Å². The number of benzene rings is 2. The Morgan fingerprint density at radius 1 is 1.04 bits per heavy atom. The number of hydrogen-bond acceptors (Lipinski definition) is 3. The molecule has 0 saturated carbocycles. The van der Waals surface area contributed by atoms with Gasteiger partial charge in [0.05, 0.1) is 5.71 Å². The maximum absolute atomic E-state index is 12.1. The minimum Gasteiger partial charge on any atom is -0.275 e. The lowest BCUT2D eigenvalue weighted by Gasteiger charge is -2.03. The van der Waals surface area contributed by atoms with E-state index >= 15 is 0 Å². The Kier molecular flexibility index (Phi) is 5.16. The summed E-state index contributed by atoms with van der Waals surface area (Å²) in [6, 6.07) is 21.3. The molecule has 0 aliphatic rings. The summed E-state index contributed by atoms with van der Waals surface area (Å²) in [4.78, 5) is 12.1. The van der Waals surface area contributed by atoms with E-state index in [-0.39, 0.29) is 5.91 Å². The van der Waals surface area contributed by atoms with Crippen molar-refractivity contribution in [2.75, 3.05) is 0 Å². The minimum atomic E-state index is -0.345. The van der Waals surface area contributed by atoms with Crippen molar-refractivity contribution in [2.45, 2.75) is 0 Å². The van der Waals surface area contributed by atoms with Gasteiger partial charge in [0.2, 0.25) is 0 Å². The summed E-state index contributed by atoms with van der Waals surface area (Å²) in [6.07, 6.45) is 5.55. The van der Waals surface area contributed by atoms with Gasteiger partial charge in [0, 0.05) is 18.8 Å². The highest BCUT2D eigenvalue weighted by Crippen LogP contribution is 2.07. The summed E-state index contributed by atoms with van der Waals surface area (Å²) < 4.78 is 1.58. The maximum atomic E-state index is 12.1. The first kappa shape index (κ1) is 16.4. The van der Waals surface area contributed by atoms with Crippen LogP contribution < -0.4 is 5.43 Å². The maximum Gasteiger partial charge on any atom is 0.291 e. The van der Waals surface area contributed by atoms with E-state index in [1.807, 2.05) is 72.8 Å². The first-order chi connectivity index (χ1) is 12.2. The highest BCUT2D eigenvalue weighted by atomic mass is 16.2. The van der Waals surface area contributed by atoms with Crippen molar-refractivity contribution >= 4 is 17.7 Å². The topological polar surface area (TPSA) is 59.3 Å². The number of rotatable bonds is 5. The molecule has 3 aromatic rings. The van der Waals surface area contributed by atoms with Crippen LogP contribution in [0.5, 0.6) is 0 Å². The van der Waals surface area contributed by atoms with Crippen LogP contribution in [-0.4, -0.2) is 21.4 Å². The Bertz CT molecular complexity index is 896. The molecule has 0 aliphatic carbocycles. The molecular formula is C20H18N4O. The second-order valence-corrected chi connectivity index (χ2v) is 5.42. The van der Waals surface area contributed by atoms with Crippen LogP contribution in [0.4, 0.5) is 0 Å². The quantitative estimate of drug-likeness (QED) is 0.576. The summed E-state index contributed by atoms with van der Waals surface area (Å²) in [5, 5.41) is 8.35. The predicted molar refractivity (Wildman–Crippen MR) is 99.1 cm³/mol. The third-order valence-corrected chi connectivity index (χ3v) is 3.53. The highest BCUT2D eigenvalue weighted by molar-refractivity contribution is 6.11. The zero-order valence-corrected chi connectivity index (χ0v) is 13.8. The molecule has 0 radical (unpaired) electrons. The van der Waals surface area contributed by atoms with Crippen LogP contribution in [-0.2, 0) is 7.05 Å². The van der Waals surface area contributed by atoms with Crippen molar-refractivity contribution in [3.8, 4) is 0 Å². The largest absolute Gasteiger partial charge is 0.291 e. The second kappa shape index (κ2) is 7.88. The van der Waals surface area contributed by atoms with Gasteiger partial charge >= 0.3 is 0 Å². The van der Waals surface area contributed by atoms with Gasteiger partial charge in [-0.05, 0) is 17.7 Å². The van der Waals surface area contributed by atoms with Crippen LogP contribution in [0.25, 0.3) is 6.08 Å². The first-order valence-corrected chi connectivity index (χ1v) is 7.88. The number of carbonyl (C=O) groups is 1. The van der Waals surface area contributed by atoms with Crippen molar-refractivity contribution in [1.29, 1.82) is 0 Å². The van der Waals surface area contributed by atoms with Crippen LogP contribution in [0, 0.1) is 0 Å². The summed E-state index contributed by atoms with van der Waals surface area (Å²) in [5.74, 6) is -0.345. The van der Waals surface area contributed by atoms with E-state index in [0.717, 1.165) is 11.1 Å². The van der Waals surface area contributed by atoms with Crippen molar-refractivity contribution in [3.05, 3.63) is 95.8 Å². The van der Waals surface area contributed by atoms with Gasteiger partial charge in [-0.2, -0.15) is 10.2 Å². The second-order valence-electron chi connectivity index (χ2n) is 5.42. The number of aryl methyl sites for hydroxylation is 1. The van der Waals surface area contributed by atoms with Gasteiger partial charge in [0.25, 0.3) is 5.91 Å². The molecule has 1 heterocycles. The van der Waals surface area contributed by atoms with Gasteiger partial charge in [-0.25, -0.2) is 5.43 Å². The van der Waals surface area contributed by atoms with E-state index in [1.54, 1.807) is 24.0 Å². The molecule has 1 amide bonds. The molecule has 0 bridgehead atoms. The number of nitrogens with zero attached hydrogens (tertiary/aromatic N) is 3. The highest BCUT2D eigenvalue weighted by Gasteiger charge is 2.08. The Morgan fingerprint density at radius 3 is 2.36 bits per heavy atom. The zero-order chi connectivity index (χ0) is 17.5. The molecule has 1 N–H and O–H groups in total. The molecule has 0 atom stereocenters. The monoisotopic (exact) mass is 330 g/mol. The van der Waals surface area contributed by atoms with Crippen LogP contribution in [0.1, 0.15) is 21.6 Å². The number of amides is 1. The molecule has 5 heteroatoms. The minimum absolute atomic E-state index is 0.325. The van der Waals surface area contributed by atoms with E-state index in [0.29, 0.717) is 11.4 Å². The number of carbonyl (C=O) groups excluding carboxylic acids is 1. The summed E-state index contributed by atoms with van der Waals surface area (Å²) >= 11 is 0. The number of aromatic nitrogens is 2. The lowest BCUT2D eigenvalue weighted by Crippen LogP contribution is -2.20. The van der Waals surface area contributed by atoms with Crippen LogP contribution in [0.15, 0.2) is 84.1 Å². The molecular weight excluding hydrogens is 312 g/mol. The van der Waals surface area contributed by atoms with Crippen molar-refractivity contribution < 1.29 is 4.79 Å². The van der Waals surface area contributed by atoms with Gasteiger partial charge in [0.15, 0.2) is 5.69 Å². The summed E-state index contributed by atoms with van der Waals surface area (Å²) in [6.45, 7) is 0. The van der Waals surface area contributed by atoms with E-state index < -0.39 is 0 Å². The van der Waals surface area contributed by atoms with Gasteiger partial charge in [-0.3, -0.25) is 9.48 Å². The number of allylic oxidation sites excluding steroid dienone is 1. The molecule has 0 spiro atoms. The number of hydrogen-bond donors (Lipinski definition) is 1. The smallest absolute Gasteiger partial charge is 0.275 e. The lowest BCUT2D eigenvalue weighted by molar-refractivity contribution is 0.0949. The third kappa shape index (κ3) is 4.51. The van der Waals surface area contributed by atoms with Gasteiger partial charge in [0.1, 0.15) is 0 Å². The first-order valence-electron chi connectivity index (χ1n) is 7.88. The standard InChI is InChI=1S/C20H18N4O/c1-24-15-14-19(23-24)20(25)22-21-18(17-10-6-3-7-11-17)13-12-16-8-4-2-5-9-16/h2-15H,1H3,(H,22,25)/b13-12?,21-18-. The fourth-order valence-electron chi connectivity index (χ4n) is 2.25. The fourth-order valence-corrected chi connectivity index (χ4v) is 2.25. The molecule has 0 unspecified atom stereocenters. The lowest BCUT2D eigenvalue weighted by atomic mass is 10.1. The van der Waals surface area contributed by atoms with Crippen molar-refractivity contribution in [2.24, 2.45) is 12.1 Å². The van der Waals surface area contributed by atoms with Crippen LogP contribution in [0.3, 0.4) is 0 Å². The predicted octanol–water partition coefficient (Wildman–Crippen LogP) is 3.27. The zero-order valence-electron chi connectivity index (χ0n) is 13.8. The molecule has 5 nitrogen and oxygen atoms in total. The van der Waals surface area contributed by atoms with E-state index in [2.05, 4.69) is 15.6 Å². The molecule has 0 saturated heterocycles. The van der Waals surface area contributed by atoms with E-state index in [9.17, 15) is 4.79 Å². The average Bonchev–Trinajstić information content (AvgIpc) is 3.10. The SMILES string of the molecule is Cn1ccc(C(=O)N/N=C(/C=Cc2ccccc2)c2ccccc2)n1. The molecule has 2 aromatic carbocycles. The average molecular weight is 330 g/mol. The molecule has 3 rings (SSSR count). The third-order valence-electron chi connectivity index (χ3n) is 3.53. The Balaban J connectivity index is 1.83. The molecule has 1 aromatic heterocycles. The Hall–Kier alpha value is -3.47. The van der Waals surface area contributed by atoms with Gasteiger partial charge in [-0.1, -0.05) is 66.7 Å². The molecule has 25 heavy (non-hydrogen) atoms. The Labute approximate surface area is 146 Å². The molecule has 0 fully saturated rings. The Morgan fingerprint density at radius 2 is 1.72 bits per heavy atom. The van der Waals surface area contributed by atoms with Crippen molar-refractivity contribution in [1.82, 2.24) is 15.2 Å². The van der Waals surface area contributed by atoms with Gasteiger partial charge in [-0.15, -0.1) is 0 Å². The molecule has 0 aliphatic heterocycles. The molecule has 124 valence electrons. The number of hydrazone groups is 1.